The van der Waals surface area contributed by atoms with E-state index in [1.165, 1.54) is 12.1 Å². The third-order valence-corrected chi connectivity index (χ3v) is 4.59. The number of halogens is 2. The van der Waals surface area contributed by atoms with Crippen LogP contribution in [-0.2, 0) is 12.1 Å². The number of benzene rings is 2. The number of imidazole rings is 1. The summed E-state index contributed by atoms with van der Waals surface area (Å²) in [6.07, 6.45) is 0. The number of nitro benzene ring substituents is 1. The Kier molecular flexibility index (Phi) is 4.82. The molecule has 1 heterocycles. The number of hydrogen-bond acceptors (Lipinski definition) is 4. The fourth-order valence-electron chi connectivity index (χ4n) is 2.89. The van der Waals surface area contributed by atoms with Crippen molar-refractivity contribution in [1.82, 2.24) is 9.55 Å². The van der Waals surface area contributed by atoms with Gasteiger partial charge in [0.25, 0.3) is 5.69 Å². The van der Waals surface area contributed by atoms with E-state index in [4.69, 9.17) is 27.9 Å². The summed E-state index contributed by atoms with van der Waals surface area (Å²) in [4.78, 5) is 15.2. The Balaban J connectivity index is 2.08. The Hall–Kier alpha value is -2.31. The first-order valence-corrected chi connectivity index (χ1v) is 8.77. The predicted molar refractivity (Wildman–Crippen MR) is 102 cm³/mol. The topological polar surface area (TPSA) is 70.2 Å². The second kappa shape index (κ2) is 6.78. The molecule has 136 valence electrons. The Labute approximate surface area is 160 Å². The quantitative estimate of drug-likeness (QED) is 0.418. The fraction of sp³-hybridized carbons (Fsp3) is 0.278. The van der Waals surface area contributed by atoms with E-state index in [1.54, 1.807) is 24.3 Å². The highest BCUT2D eigenvalue weighted by Crippen LogP contribution is 2.35. The second-order valence-electron chi connectivity index (χ2n) is 6.30. The van der Waals surface area contributed by atoms with Crippen LogP contribution in [0.2, 0.25) is 10.0 Å². The molecule has 0 amide bonds. The molecule has 3 aromatic rings. The molecular weight excluding hydrogens is 377 g/mol. The summed E-state index contributed by atoms with van der Waals surface area (Å²) in [7, 11) is 0. The number of ether oxygens (including phenoxy) is 1. The van der Waals surface area contributed by atoms with Crippen molar-refractivity contribution >= 4 is 39.9 Å². The van der Waals surface area contributed by atoms with Gasteiger partial charge in [-0.3, -0.25) is 10.1 Å². The molecule has 0 unspecified atom stereocenters. The third-order valence-electron chi connectivity index (χ3n) is 4.06. The van der Waals surface area contributed by atoms with E-state index in [0.29, 0.717) is 33.7 Å². The van der Waals surface area contributed by atoms with Gasteiger partial charge in [0.15, 0.2) is 11.4 Å². The molecule has 0 N–H and O–H groups in total. The fourth-order valence-corrected chi connectivity index (χ4v) is 3.34. The molecule has 0 aliphatic rings. The summed E-state index contributed by atoms with van der Waals surface area (Å²) in [5, 5.41) is 12.0. The first-order chi connectivity index (χ1) is 12.2. The lowest BCUT2D eigenvalue weighted by atomic mass is 10.1. The highest BCUT2D eigenvalue weighted by molar-refractivity contribution is 6.35. The van der Waals surface area contributed by atoms with Crippen LogP contribution in [0.4, 0.5) is 5.69 Å². The van der Waals surface area contributed by atoms with E-state index < -0.39 is 10.5 Å². The maximum absolute atomic E-state index is 11.0. The first-order valence-electron chi connectivity index (χ1n) is 8.02. The number of nitro groups is 1. The van der Waals surface area contributed by atoms with Crippen LogP contribution in [0.15, 0.2) is 36.4 Å². The Morgan fingerprint density at radius 3 is 2.58 bits per heavy atom. The normalized spacial score (nSPS) is 11.7. The smallest absolute Gasteiger partial charge is 0.271 e. The lowest BCUT2D eigenvalue weighted by Gasteiger charge is -2.27. The molecule has 0 spiro atoms. The Morgan fingerprint density at radius 2 is 1.96 bits per heavy atom. The van der Waals surface area contributed by atoms with Gasteiger partial charge < -0.3 is 9.30 Å². The molecule has 0 bridgehead atoms. The zero-order valence-corrected chi connectivity index (χ0v) is 16.0. The molecule has 0 aliphatic heterocycles. The van der Waals surface area contributed by atoms with Crippen molar-refractivity contribution in [3.8, 4) is 5.75 Å². The molecule has 0 atom stereocenters. The molecule has 26 heavy (non-hydrogen) atoms. The molecule has 2 aromatic carbocycles. The van der Waals surface area contributed by atoms with Gasteiger partial charge in [0.2, 0.25) is 0 Å². The number of aryl methyl sites for hydroxylation is 1. The van der Waals surface area contributed by atoms with E-state index >= 15 is 0 Å². The van der Waals surface area contributed by atoms with Crippen molar-refractivity contribution in [1.29, 1.82) is 0 Å². The van der Waals surface area contributed by atoms with Gasteiger partial charge in [0, 0.05) is 23.7 Å². The minimum absolute atomic E-state index is 0.00396. The molecule has 0 radical (unpaired) electrons. The Morgan fingerprint density at radius 1 is 1.23 bits per heavy atom. The van der Waals surface area contributed by atoms with Gasteiger partial charge in [0.1, 0.15) is 5.75 Å². The van der Waals surface area contributed by atoms with E-state index in [2.05, 4.69) is 4.98 Å². The van der Waals surface area contributed by atoms with Gasteiger partial charge in [-0.05, 0) is 45.0 Å². The summed E-state index contributed by atoms with van der Waals surface area (Å²) in [6, 6.07) is 9.67. The van der Waals surface area contributed by atoms with Gasteiger partial charge in [0.05, 0.1) is 21.0 Å². The standard InChI is InChI=1S/C18H17Cl2N3O3/c1-4-22-15-7-6-12(23(24)25)10-14(15)21-17(22)18(2,3)26-16-8-5-11(19)9-13(16)20/h5-10H,4H2,1-3H3. The van der Waals surface area contributed by atoms with Gasteiger partial charge in [-0.15, -0.1) is 0 Å². The van der Waals surface area contributed by atoms with E-state index in [9.17, 15) is 10.1 Å². The van der Waals surface area contributed by atoms with Crippen LogP contribution in [0.3, 0.4) is 0 Å². The average Bonchev–Trinajstić information content (AvgIpc) is 2.96. The van der Waals surface area contributed by atoms with E-state index in [0.717, 1.165) is 5.52 Å². The molecule has 0 saturated heterocycles. The highest BCUT2D eigenvalue weighted by Gasteiger charge is 2.30. The third kappa shape index (κ3) is 3.34. The molecule has 6 nitrogen and oxygen atoms in total. The second-order valence-corrected chi connectivity index (χ2v) is 7.14. The van der Waals surface area contributed by atoms with Crippen molar-refractivity contribution in [2.75, 3.05) is 0 Å². The van der Waals surface area contributed by atoms with E-state index in [1.807, 2.05) is 25.3 Å². The Bertz CT molecular complexity index is 999. The number of hydrogen-bond donors (Lipinski definition) is 0. The van der Waals surface area contributed by atoms with Crippen LogP contribution in [0.25, 0.3) is 11.0 Å². The van der Waals surface area contributed by atoms with Crippen molar-refractivity contribution in [2.24, 2.45) is 0 Å². The van der Waals surface area contributed by atoms with Gasteiger partial charge in [-0.1, -0.05) is 23.2 Å². The zero-order chi connectivity index (χ0) is 19.1. The SMILES string of the molecule is CCn1c(C(C)(C)Oc2ccc(Cl)cc2Cl)nc2cc([N+](=O)[O-])ccc21. The maximum atomic E-state index is 11.0. The van der Waals surface area contributed by atoms with Crippen LogP contribution >= 0.6 is 23.2 Å². The van der Waals surface area contributed by atoms with Crippen LogP contribution < -0.4 is 4.74 Å². The molecule has 0 fully saturated rings. The zero-order valence-electron chi connectivity index (χ0n) is 14.5. The molecule has 0 aliphatic carbocycles. The molecule has 1 aromatic heterocycles. The summed E-state index contributed by atoms with van der Waals surface area (Å²) in [5.41, 5.74) is 0.549. The van der Waals surface area contributed by atoms with Crippen LogP contribution in [0.1, 0.15) is 26.6 Å². The van der Waals surface area contributed by atoms with Gasteiger partial charge in [-0.25, -0.2) is 4.98 Å². The lowest BCUT2D eigenvalue weighted by Crippen LogP contribution is -2.29. The summed E-state index contributed by atoms with van der Waals surface area (Å²) >= 11 is 12.2. The molecule has 0 saturated carbocycles. The average molecular weight is 394 g/mol. The molecular formula is C18H17Cl2N3O3. The van der Waals surface area contributed by atoms with Crippen LogP contribution in [-0.4, -0.2) is 14.5 Å². The number of rotatable bonds is 5. The van der Waals surface area contributed by atoms with Crippen LogP contribution in [0, 0.1) is 10.1 Å². The van der Waals surface area contributed by atoms with E-state index in [-0.39, 0.29) is 5.69 Å². The number of aromatic nitrogens is 2. The van der Waals surface area contributed by atoms with Crippen LogP contribution in [0.5, 0.6) is 5.75 Å². The number of fused-ring (bicyclic) bond motifs is 1. The first kappa shape index (κ1) is 18.5. The largest absolute Gasteiger partial charge is 0.478 e. The number of nitrogens with zero attached hydrogens (tertiary/aromatic N) is 3. The van der Waals surface area contributed by atoms with Crippen molar-refractivity contribution in [3.63, 3.8) is 0 Å². The van der Waals surface area contributed by atoms with Gasteiger partial charge in [-0.2, -0.15) is 0 Å². The van der Waals surface area contributed by atoms with Crippen molar-refractivity contribution < 1.29 is 9.66 Å². The summed E-state index contributed by atoms with van der Waals surface area (Å²) in [5.74, 6) is 1.14. The molecule has 3 rings (SSSR count). The predicted octanol–water partition coefficient (Wildman–Crippen LogP) is 5.59. The monoisotopic (exact) mass is 393 g/mol. The highest BCUT2D eigenvalue weighted by atomic mass is 35.5. The minimum atomic E-state index is -0.818. The molecule has 8 heteroatoms. The maximum Gasteiger partial charge on any atom is 0.271 e. The summed E-state index contributed by atoms with van der Waals surface area (Å²) in [6.45, 7) is 6.38. The number of non-ortho nitro benzene ring substituents is 1. The minimum Gasteiger partial charge on any atom is -0.478 e. The van der Waals surface area contributed by atoms with Crippen molar-refractivity contribution in [3.05, 3.63) is 62.4 Å². The van der Waals surface area contributed by atoms with Gasteiger partial charge >= 0.3 is 0 Å². The summed E-state index contributed by atoms with van der Waals surface area (Å²) < 4.78 is 8.09. The lowest BCUT2D eigenvalue weighted by molar-refractivity contribution is -0.384. The van der Waals surface area contributed by atoms with Crippen molar-refractivity contribution in [2.45, 2.75) is 32.9 Å².